The lowest BCUT2D eigenvalue weighted by molar-refractivity contribution is 0.755. The summed E-state index contributed by atoms with van der Waals surface area (Å²) in [6.07, 6.45) is 0. The van der Waals surface area contributed by atoms with Crippen molar-refractivity contribution < 1.29 is 0 Å². The minimum atomic E-state index is 0.264. The molecular formula is C15H12N4S2. The lowest BCUT2D eigenvalue weighted by Gasteiger charge is -2.19. The first-order valence-corrected chi connectivity index (χ1v) is 8.39. The van der Waals surface area contributed by atoms with E-state index in [1.54, 1.807) is 23.1 Å². The highest BCUT2D eigenvalue weighted by molar-refractivity contribution is 8.00. The molecule has 1 aliphatic rings. The van der Waals surface area contributed by atoms with Crippen molar-refractivity contribution >= 4 is 28.8 Å². The SMILES string of the molecule is CC1Sc2nnc(-c3cccs3)n2N=C1c1ccccc1. The van der Waals surface area contributed by atoms with Crippen LogP contribution in [0.1, 0.15) is 12.5 Å². The van der Waals surface area contributed by atoms with E-state index >= 15 is 0 Å². The lowest BCUT2D eigenvalue weighted by Crippen LogP contribution is -2.21. The third kappa shape index (κ3) is 2.20. The summed E-state index contributed by atoms with van der Waals surface area (Å²) in [5, 5.41) is 16.5. The number of benzene rings is 1. The molecule has 1 atom stereocenters. The molecule has 2 aromatic heterocycles. The number of nitrogens with zero attached hydrogens (tertiary/aromatic N) is 4. The normalized spacial score (nSPS) is 17.4. The number of hydrogen-bond acceptors (Lipinski definition) is 5. The molecule has 0 spiro atoms. The largest absolute Gasteiger partial charge is 0.213 e. The van der Waals surface area contributed by atoms with Crippen molar-refractivity contribution in [1.82, 2.24) is 14.9 Å². The molecule has 0 amide bonds. The molecule has 0 bridgehead atoms. The van der Waals surface area contributed by atoms with Crippen LogP contribution in [0.4, 0.5) is 0 Å². The Hall–Kier alpha value is -1.92. The molecule has 104 valence electrons. The maximum Gasteiger partial charge on any atom is 0.213 e. The molecule has 1 aromatic carbocycles. The standard InChI is InChI=1S/C15H12N4S2/c1-10-13(11-6-3-2-4-7-11)18-19-14(12-8-5-9-20-12)16-17-15(19)21-10/h2-10H,1H3. The Bertz CT molecular complexity index is 790. The van der Waals surface area contributed by atoms with Gasteiger partial charge in [0.15, 0.2) is 5.82 Å². The van der Waals surface area contributed by atoms with Crippen LogP contribution in [0, 0.1) is 0 Å². The fourth-order valence-corrected chi connectivity index (χ4v) is 3.91. The number of aromatic nitrogens is 3. The Balaban J connectivity index is 1.85. The molecule has 1 unspecified atom stereocenters. The van der Waals surface area contributed by atoms with Gasteiger partial charge in [-0.2, -0.15) is 9.78 Å². The van der Waals surface area contributed by atoms with E-state index in [1.807, 2.05) is 40.4 Å². The number of thiophene rings is 1. The molecule has 0 N–H and O–H groups in total. The first kappa shape index (κ1) is 12.8. The molecule has 0 saturated heterocycles. The van der Waals surface area contributed by atoms with Crippen LogP contribution < -0.4 is 0 Å². The van der Waals surface area contributed by atoms with E-state index in [9.17, 15) is 0 Å². The second kappa shape index (κ2) is 5.13. The average Bonchev–Trinajstić information content (AvgIpc) is 3.15. The minimum absolute atomic E-state index is 0.264. The molecule has 3 aromatic rings. The average molecular weight is 312 g/mol. The van der Waals surface area contributed by atoms with E-state index in [4.69, 9.17) is 5.10 Å². The van der Waals surface area contributed by atoms with Gasteiger partial charge in [-0.25, -0.2) is 0 Å². The lowest BCUT2D eigenvalue weighted by atomic mass is 10.1. The van der Waals surface area contributed by atoms with Crippen LogP contribution in [0.25, 0.3) is 10.7 Å². The van der Waals surface area contributed by atoms with Crippen molar-refractivity contribution in [2.75, 3.05) is 0 Å². The fourth-order valence-electron chi connectivity index (χ4n) is 2.29. The molecule has 0 aliphatic carbocycles. The van der Waals surface area contributed by atoms with Gasteiger partial charge in [0.2, 0.25) is 5.16 Å². The first-order chi connectivity index (χ1) is 10.3. The zero-order valence-electron chi connectivity index (χ0n) is 11.3. The topological polar surface area (TPSA) is 43.1 Å². The van der Waals surface area contributed by atoms with Gasteiger partial charge in [0, 0.05) is 0 Å². The Morgan fingerprint density at radius 3 is 2.67 bits per heavy atom. The second-order valence-corrected chi connectivity index (χ2v) is 6.96. The monoisotopic (exact) mass is 312 g/mol. The molecule has 4 nitrogen and oxygen atoms in total. The van der Waals surface area contributed by atoms with E-state index in [0.29, 0.717) is 0 Å². The Kier molecular flexibility index (Phi) is 3.12. The Morgan fingerprint density at radius 2 is 1.90 bits per heavy atom. The Labute approximate surface area is 130 Å². The first-order valence-electron chi connectivity index (χ1n) is 6.63. The molecule has 4 rings (SSSR count). The molecule has 0 fully saturated rings. The van der Waals surface area contributed by atoms with Gasteiger partial charge in [0.1, 0.15) is 0 Å². The van der Waals surface area contributed by atoms with Gasteiger partial charge in [-0.15, -0.1) is 21.5 Å². The summed E-state index contributed by atoms with van der Waals surface area (Å²) in [6.45, 7) is 2.15. The number of hydrogen-bond donors (Lipinski definition) is 0. The Morgan fingerprint density at radius 1 is 1.05 bits per heavy atom. The van der Waals surface area contributed by atoms with Crippen LogP contribution in [0.3, 0.4) is 0 Å². The molecule has 1 aliphatic heterocycles. The highest BCUT2D eigenvalue weighted by Gasteiger charge is 2.26. The summed E-state index contributed by atoms with van der Waals surface area (Å²) in [5.74, 6) is 0.813. The number of rotatable bonds is 2. The molecule has 3 heterocycles. The van der Waals surface area contributed by atoms with Crippen molar-refractivity contribution in [3.05, 3.63) is 53.4 Å². The van der Waals surface area contributed by atoms with Gasteiger partial charge in [0.05, 0.1) is 15.8 Å². The van der Waals surface area contributed by atoms with E-state index in [2.05, 4.69) is 29.3 Å². The smallest absolute Gasteiger partial charge is 0.186 e. The molecule has 6 heteroatoms. The van der Waals surface area contributed by atoms with E-state index in [0.717, 1.165) is 27.1 Å². The third-order valence-corrected chi connectivity index (χ3v) is 5.21. The van der Waals surface area contributed by atoms with Crippen LogP contribution in [-0.2, 0) is 0 Å². The maximum atomic E-state index is 4.81. The summed E-state index contributed by atoms with van der Waals surface area (Å²) in [6, 6.07) is 14.3. The molecular weight excluding hydrogens is 300 g/mol. The summed E-state index contributed by atoms with van der Waals surface area (Å²) in [7, 11) is 0. The zero-order valence-corrected chi connectivity index (χ0v) is 12.9. The summed E-state index contributed by atoms with van der Waals surface area (Å²) < 4.78 is 1.86. The van der Waals surface area contributed by atoms with Crippen molar-refractivity contribution in [3.63, 3.8) is 0 Å². The highest BCUT2D eigenvalue weighted by Crippen LogP contribution is 2.33. The quantitative estimate of drug-likeness (QED) is 0.724. The van der Waals surface area contributed by atoms with E-state index in [-0.39, 0.29) is 5.25 Å². The van der Waals surface area contributed by atoms with E-state index < -0.39 is 0 Å². The van der Waals surface area contributed by atoms with Crippen LogP contribution in [-0.4, -0.2) is 25.8 Å². The summed E-state index contributed by atoms with van der Waals surface area (Å²) in [5.41, 5.74) is 2.21. The number of thioether (sulfide) groups is 1. The van der Waals surface area contributed by atoms with Gasteiger partial charge in [-0.05, 0) is 23.9 Å². The molecule has 0 radical (unpaired) electrons. The fraction of sp³-hybridized carbons (Fsp3) is 0.133. The summed E-state index contributed by atoms with van der Waals surface area (Å²) in [4.78, 5) is 1.08. The van der Waals surface area contributed by atoms with Crippen LogP contribution in [0.5, 0.6) is 0 Å². The van der Waals surface area contributed by atoms with Crippen LogP contribution >= 0.6 is 23.1 Å². The predicted octanol–water partition coefficient (Wildman–Crippen LogP) is 3.75. The van der Waals surface area contributed by atoms with Crippen molar-refractivity contribution in [2.45, 2.75) is 17.3 Å². The van der Waals surface area contributed by atoms with Gasteiger partial charge < -0.3 is 0 Å². The van der Waals surface area contributed by atoms with Gasteiger partial charge in [-0.3, -0.25) is 0 Å². The van der Waals surface area contributed by atoms with Crippen molar-refractivity contribution in [3.8, 4) is 10.7 Å². The second-order valence-electron chi connectivity index (χ2n) is 4.71. The molecule has 21 heavy (non-hydrogen) atoms. The van der Waals surface area contributed by atoms with Crippen molar-refractivity contribution in [1.29, 1.82) is 0 Å². The van der Waals surface area contributed by atoms with Crippen LogP contribution in [0.2, 0.25) is 0 Å². The summed E-state index contributed by atoms with van der Waals surface area (Å²) >= 11 is 3.35. The van der Waals surface area contributed by atoms with Gasteiger partial charge in [0.25, 0.3) is 0 Å². The molecule has 0 saturated carbocycles. The third-order valence-electron chi connectivity index (χ3n) is 3.30. The highest BCUT2D eigenvalue weighted by atomic mass is 32.2. The van der Waals surface area contributed by atoms with E-state index in [1.165, 1.54) is 0 Å². The zero-order chi connectivity index (χ0) is 14.2. The van der Waals surface area contributed by atoms with Gasteiger partial charge in [-0.1, -0.05) is 48.2 Å². The van der Waals surface area contributed by atoms with Crippen LogP contribution in [0.15, 0.2) is 58.1 Å². The van der Waals surface area contributed by atoms with Gasteiger partial charge >= 0.3 is 0 Å². The minimum Gasteiger partial charge on any atom is -0.186 e. The predicted molar refractivity (Wildman–Crippen MR) is 87.0 cm³/mol. The number of fused-ring (bicyclic) bond motifs is 1. The van der Waals surface area contributed by atoms with Crippen molar-refractivity contribution in [2.24, 2.45) is 5.10 Å². The maximum absolute atomic E-state index is 4.81.